The summed E-state index contributed by atoms with van der Waals surface area (Å²) in [6.45, 7) is 2.56. The van der Waals surface area contributed by atoms with Gasteiger partial charge in [-0.25, -0.2) is 4.98 Å². The van der Waals surface area contributed by atoms with E-state index in [1.807, 2.05) is 53.2 Å². The van der Waals surface area contributed by atoms with Gasteiger partial charge < -0.3 is 10.1 Å². The number of rotatable bonds is 4. The number of aromatic nitrogens is 2. The largest absolute Gasteiger partial charge is 0.494 e. The molecule has 0 aliphatic rings. The summed E-state index contributed by atoms with van der Waals surface area (Å²) in [6.07, 6.45) is 1.97. The molecule has 4 aromatic rings. The van der Waals surface area contributed by atoms with Gasteiger partial charge in [0, 0.05) is 17.3 Å². The molecule has 0 unspecified atom stereocenters. The predicted octanol–water partition coefficient (Wildman–Crippen LogP) is 4.26. The SMILES string of the molecule is CCOc1ccc(NC(=O)c2cc3c(nc4sccn43)s2)cc1. The second-order valence-electron chi connectivity index (χ2n) is 4.88. The van der Waals surface area contributed by atoms with E-state index >= 15 is 0 Å². The van der Waals surface area contributed by atoms with E-state index in [9.17, 15) is 4.79 Å². The summed E-state index contributed by atoms with van der Waals surface area (Å²) in [6, 6.07) is 9.24. The Bertz CT molecular complexity index is 982. The lowest BCUT2D eigenvalue weighted by Crippen LogP contribution is -2.09. The van der Waals surface area contributed by atoms with E-state index in [2.05, 4.69) is 10.3 Å². The molecule has 3 aromatic heterocycles. The van der Waals surface area contributed by atoms with Crippen molar-refractivity contribution in [2.45, 2.75) is 6.92 Å². The molecule has 0 bridgehead atoms. The Morgan fingerprint density at radius 1 is 1.35 bits per heavy atom. The van der Waals surface area contributed by atoms with Crippen LogP contribution in [-0.2, 0) is 0 Å². The Morgan fingerprint density at radius 2 is 2.17 bits per heavy atom. The Kier molecular flexibility index (Phi) is 3.51. The molecule has 7 heteroatoms. The second kappa shape index (κ2) is 5.68. The van der Waals surface area contributed by atoms with Crippen LogP contribution >= 0.6 is 22.7 Å². The zero-order valence-electron chi connectivity index (χ0n) is 12.3. The molecule has 3 heterocycles. The number of thiophene rings is 1. The van der Waals surface area contributed by atoms with Gasteiger partial charge in [-0.15, -0.1) is 22.7 Å². The van der Waals surface area contributed by atoms with Crippen molar-refractivity contribution in [3.8, 4) is 5.75 Å². The minimum absolute atomic E-state index is 0.124. The van der Waals surface area contributed by atoms with Crippen molar-refractivity contribution in [2.75, 3.05) is 11.9 Å². The van der Waals surface area contributed by atoms with Crippen molar-refractivity contribution < 1.29 is 9.53 Å². The van der Waals surface area contributed by atoms with E-state index < -0.39 is 0 Å². The Hall–Kier alpha value is -2.38. The first-order valence-electron chi connectivity index (χ1n) is 7.14. The number of nitrogens with one attached hydrogen (secondary N) is 1. The lowest BCUT2D eigenvalue weighted by atomic mass is 10.3. The number of nitrogens with zero attached hydrogens (tertiary/aromatic N) is 2. The van der Waals surface area contributed by atoms with Crippen LogP contribution in [0.15, 0.2) is 41.9 Å². The summed E-state index contributed by atoms with van der Waals surface area (Å²) in [5, 5.41) is 4.89. The van der Waals surface area contributed by atoms with Crippen molar-refractivity contribution in [3.63, 3.8) is 0 Å². The van der Waals surface area contributed by atoms with Crippen molar-refractivity contribution in [1.29, 1.82) is 0 Å². The number of hydrogen-bond acceptors (Lipinski definition) is 5. The van der Waals surface area contributed by atoms with Crippen LogP contribution in [0.1, 0.15) is 16.6 Å². The number of hydrogen-bond donors (Lipinski definition) is 1. The number of carbonyl (C=O) groups excluding carboxylic acids is 1. The molecule has 0 saturated heterocycles. The Balaban J connectivity index is 1.57. The number of anilines is 1. The third-order valence-electron chi connectivity index (χ3n) is 3.39. The summed E-state index contributed by atoms with van der Waals surface area (Å²) in [4.78, 5) is 19.4. The molecule has 0 atom stereocenters. The fraction of sp³-hybridized carbons (Fsp3) is 0.125. The van der Waals surface area contributed by atoms with Crippen LogP contribution in [-0.4, -0.2) is 21.9 Å². The average Bonchev–Trinajstić information content (AvgIpc) is 3.21. The van der Waals surface area contributed by atoms with E-state index in [-0.39, 0.29) is 5.91 Å². The Morgan fingerprint density at radius 3 is 2.96 bits per heavy atom. The quantitative estimate of drug-likeness (QED) is 0.602. The highest BCUT2D eigenvalue weighted by molar-refractivity contribution is 7.21. The number of fused-ring (bicyclic) bond motifs is 3. The van der Waals surface area contributed by atoms with Gasteiger partial charge in [-0.3, -0.25) is 9.20 Å². The van der Waals surface area contributed by atoms with E-state index in [1.54, 1.807) is 11.3 Å². The third-order valence-corrected chi connectivity index (χ3v) is 5.16. The van der Waals surface area contributed by atoms with Crippen molar-refractivity contribution in [2.24, 2.45) is 0 Å². The van der Waals surface area contributed by atoms with Crippen LogP contribution in [0.25, 0.3) is 15.3 Å². The Labute approximate surface area is 140 Å². The minimum atomic E-state index is -0.124. The molecule has 0 radical (unpaired) electrons. The van der Waals surface area contributed by atoms with Gasteiger partial charge in [0.15, 0.2) is 4.96 Å². The first-order valence-corrected chi connectivity index (χ1v) is 8.83. The standard InChI is InChI=1S/C16H13N3O2S2/c1-2-21-11-5-3-10(4-6-11)17-14(20)13-9-12-15(23-13)18-16-19(12)7-8-22-16/h3-9H,2H2,1H3,(H,17,20). The van der Waals surface area contributed by atoms with Crippen LogP contribution in [0, 0.1) is 0 Å². The molecular weight excluding hydrogens is 330 g/mol. The fourth-order valence-electron chi connectivity index (χ4n) is 2.35. The maximum Gasteiger partial charge on any atom is 0.265 e. The topological polar surface area (TPSA) is 55.6 Å². The molecule has 1 amide bonds. The van der Waals surface area contributed by atoms with E-state index in [0.717, 1.165) is 26.7 Å². The number of carbonyl (C=O) groups is 1. The lowest BCUT2D eigenvalue weighted by molar-refractivity contribution is 0.103. The molecule has 0 saturated carbocycles. The molecule has 23 heavy (non-hydrogen) atoms. The molecule has 4 rings (SSSR count). The van der Waals surface area contributed by atoms with Gasteiger partial charge in [-0.1, -0.05) is 0 Å². The molecule has 5 nitrogen and oxygen atoms in total. The summed E-state index contributed by atoms with van der Waals surface area (Å²) in [5.74, 6) is 0.668. The number of amides is 1. The smallest absolute Gasteiger partial charge is 0.265 e. The van der Waals surface area contributed by atoms with Crippen LogP contribution in [0.3, 0.4) is 0 Å². The molecule has 116 valence electrons. The molecule has 0 spiro atoms. The summed E-state index contributed by atoms with van der Waals surface area (Å²) in [7, 11) is 0. The highest BCUT2D eigenvalue weighted by Gasteiger charge is 2.15. The first kappa shape index (κ1) is 14.2. The lowest BCUT2D eigenvalue weighted by Gasteiger charge is -2.06. The van der Waals surface area contributed by atoms with Gasteiger partial charge in [0.1, 0.15) is 10.6 Å². The van der Waals surface area contributed by atoms with Crippen LogP contribution in [0.2, 0.25) is 0 Å². The highest BCUT2D eigenvalue weighted by atomic mass is 32.1. The predicted molar refractivity (Wildman–Crippen MR) is 94.0 cm³/mol. The van der Waals surface area contributed by atoms with Gasteiger partial charge in [-0.05, 0) is 37.3 Å². The van der Waals surface area contributed by atoms with Crippen molar-refractivity contribution in [1.82, 2.24) is 9.38 Å². The minimum Gasteiger partial charge on any atom is -0.494 e. The van der Waals surface area contributed by atoms with E-state index in [0.29, 0.717) is 11.5 Å². The zero-order chi connectivity index (χ0) is 15.8. The molecule has 0 aliphatic carbocycles. The molecule has 1 N–H and O–H groups in total. The number of ether oxygens (including phenoxy) is 1. The van der Waals surface area contributed by atoms with Crippen LogP contribution < -0.4 is 10.1 Å². The summed E-state index contributed by atoms with van der Waals surface area (Å²) >= 11 is 2.99. The van der Waals surface area contributed by atoms with Crippen molar-refractivity contribution in [3.05, 3.63) is 46.8 Å². The third kappa shape index (κ3) is 2.58. The van der Waals surface area contributed by atoms with Crippen molar-refractivity contribution >= 4 is 49.6 Å². The number of imidazole rings is 1. The summed E-state index contributed by atoms with van der Waals surface area (Å²) < 4.78 is 7.40. The maximum atomic E-state index is 12.4. The molecular formula is C16H13N3O2S2. The maximum absolute atomic E-state index is 12.4. The first-order chi connectivity index (χ1) is 11.2. The molecule has 1 aromatic carbocycles. The zero-order valence-corrected chi connectivity index (χ0v) is 13.9. The van der Waals surface area contributed by atoms with E-state index in [1.165, 1.54) is 11.3 Å². The van der Waals surface area contributed by atoms with Gasteiger partial charge in [0.05, 0.1) is 17.0 Å². The normalized spacial score (nSPS) is 11.2. The van der Waals surface area contributed by atoms with E-state index in [4.69, 9.17) is 4.74 Å². The monoisotopic (exact) mass is 343 g/mol. The van der Waals surface area contributed by atoms with Gasteiger partial charge >= 0.3 is 0 Å². The average molecular weight is 343 g/mol. The van der Waals surface area contributed by atoms with Gasteiger partial charge in [0.2, 0.25) is 0 Å². The number of benzene rings is 1. The summed E-state index contributed by atoms with van der Waals surface area (Å²) in [5.41, 5.74) is 1.72. The molecule has 0 fully saturated rings. The number of thiazole rings is 1. The highest BCUT2D eigenvalue weighted by Crippen LogP contribution is 2.28. The van der Waals surface area contributed by atoms with Gasteiger partial charge in [0.25, 0.3) is 5.91 Å². The fourth-order valence-corrected chi connectivity index (χ4v) is 4.05. The van der Waals surface area contributed by atoms with Gasteiger partial charge in [-0.2, -0.15) is 0 Å². The molecule has 0 aliphatic heterocycles. The van der Waals surface area contributed by atoms with Crippen LogP contribution in [0.4, 0.5) is 5.69 Å². The second-order valence-corrected chi connectivity index (χ2v) is 6.78. The van der Waals surface area contributed by atoms with Crippen LogP contribution in [0.5, 0.6) is 5.75 Å².